The summed E-state index contributed by atoms with van der Waals surface area (Å²) in [7, 11) is 3.43. The van der Waals surface area contributed by atoms with Gasteiger partial charge in [0.15, 0.2) is 0 Å². The molecule has 6 nitrogen and oxygen atoms in total. The first-order chi connectivity index (χ1) is 13.7. The maximum atomic E-state index is 13.5. The quantitative estimate of drug-likeness (QED) is 0.518. The highest BCUT2D eigenvalue weighted by Crippen LogP contribution is 2.28. The number of Topliss-reactive ketones (excluding diaryl/α,β-unsaturated/α-hetero) is 1. The highest BCUT2D eigenvalue weighted by atomic mass is 16.5. The fourth-order valence-corrected chi connectivity index (χ4v) is 3.25. The van der Waals surface area contributed by atoms with E-state index < -0.39 is 6.04 Å². The molecule has 0 aliphatic rings. The SMILES string of the molecule is COc1cncc(NC(C(=O)c2nn(C)c3ccccc23)c2ccccc2)c1. The zero-order valence-corrected chi connectivity index (χ0v) is 15.7. The van der Waals surface area contributed by atoms with Gasteiger partial charge >= 0.3 is 0 Å². The first kappa shape index (κ1) is 17.7. The number of rotatable bonds is 6. The summed E-state index contributed by atoms with van der Waals surface area (Å²) in [5.41, 5.74) is 2.91. The molecule has 2 heterocycles. The highest BCUT2D eigenvalue weighted by Gasteiger charge is 2.26. The van der Waals surface area contributed by atoms with Gasteiger partial charge in [0.05, 0.1) is 30.7 Å². The summed E-state index contributed by atoms with van der Waals surface area (Å²) in [6.07, 6.45) is 3.29. The molecule has 0 aliphatic carbocycles. The third-order valence-corrected chi connectivity index (χ3v) is 4.65. The minimum atomic E-state index is -0.603. The van der Waals surface area contributed by atoms with E-state index in [1.54, 1.807) is 24.2 Å². The molecule has 0 saturated heterocycles. The van der Waals surface area contributed by atoms with Crippen molar-refractivity contribution in [2.45, 2.75) is 6.04 Å². The average molecular weight is 372 g/mol. The van der Waals surface area contributed by atoms with Crippen LogP contribution in [0.3, 0.4) is 0 Å². The maximum absolute atomic E-state index is 13.5. The summed E-state index contributed by atoms with van der Waals surface area (Å²) >= 11 is 0. The molecule has 0 saturated carbocycles. The molecule has 1 unspecified atom stereocenters. The molecule has 28 heavy (non-hydrogen) atoms. The summed E-state index contributed by atoms with van der Waals surface area (Å²) in [4.78, 5) is 17.7. The summed E-state index contributed by atoms with van der Waals surface area (Å²) in [5, 5.41) is 8.63. The van der Waals surface area contributed by atoms with E-state index in [4.69, 9.17) is 4.74 Å². The van der Waals surface area contributed by atoms with E-state index >= 15 is 0 Å². The van der Waals surface area contributed by atoms with Gasteiger partial charge in [0.25, 0.3) is 0 Å². The van der Waals surface area contributed by atoms with E-state index in [2.05, 4.69) is 15.4 Å². The normalized spacial score (nSPS) is 11.9. The van der Waals surface area contributed by atoms with Gasteiger partial charge in [-0.15, -0.1) is 0 Å². The number of nitrogens with zero attached hydrogens (tertiary/aromatic N) is 3. The molecule has 1 atom stereocenters. The van der Waals surface area contributed by atoms with Crippen molar-refractivity contribution in [3.8, 4) is 5.75 Å². The van der Waals surface area contributed by atoms with Crippen molar-refractivity contribution in [2.24, 2.45) is 7.05 Å². The first-order valence-electron chi connectivity index (χ1n) is 8.94. The number of carbonyl (C=O) groups excluding carboxylic acids is 1. The van der Waals surface area contributed by atoms with Crippen LogP contribution in [0.25, 0.3) is 10.9 Å². The molecule has 4 rings (SSSR count). The number of carbonyl (C=O) groups is 1. The van der Waals surface area contributed by atoms with Gasteiger partial charge in [-0.2, -0.15) is 5.10 Å². The van der Waals surface area contributed by atoms with E-state index in [-0.39, 0.29) is 5.78 Å². The third-order valence-electron chi connectivity index (χ3n) is 4.65. The largest absolute Gasteiger partial charge is 0.495 e. The van der Waals surface area contributed by atoms with E-state index in [0.29, 0.717) is 17.1 Å². The summed E-state index contributed by atoms with van der Waals surface area (Å²) in [6, 6.07) is 18.5. The predicted octanol–water partition coefficient (Wildman–Crippen LogP) is 4.01. The molecule has 0 bridgehead atoms. The minimum absolute atomic E-state index is 0.106. The first-order valence-corrected chi connectivity index (χ1v) is 8.94. The van der Waals surface area contributed by atoms with Crippen LogP contribution in [0.5, 0.6) is 5.75 Å². The molecular weight excluding hydrogens is 352 g/mol. The molecule has 0 amide bonds. The second-order valence-corrected chi connectivity index (χ2v) is 6.46. The number of benzene rings is 2. The van der Waals surface area contributed by atoms with Crippen LogP contribution >= 0.6 is 0 Å². The fraction of sp³-hybridized carbons (Fsp3) is 0.136. The van der Waals surface area contributed by atoms with E-state index in [1.165, 1.54) is 0 Å². The Morgan fingerprint density at radius 2 is 1.82 bits per heavy atom. The van der Waals surface area contributed by atoms with Crippen LogP contribution in [0.4, 0.5) is 5.69 Å². The number of para-hydroxylation sites is 1. The Labute approximate surface area is 162 Å². The Bertz CT molecular complexity index is 1120. The number of ether oxygens (including phenoxy) is 1. The Balaban J connectivity index is 1.77. The van der Waals surface area contributed by atoms with E-state index in [0.717, 1.165) is 16.5 Å². The number of pyridine rings is 1. The number of aromatic nitrogens is 3. The van der Waals surface area contributed by atoms with Crippen molar-refractivity contribution in [3.05, 3.63) is 84.3 Å². The number of nitrogens with one attached hydrogen (secondary N) is 1. The lowest BCUT2D eigenvalue weighted by Crippen LogP contribution is -2.22. The molecular formula is C22H20N4O2. The topological polar surface area (TPSA) is 69.0 Å². The molecule has 0 radical (unpaired) electrons. The van der Waals surface area contributed by atoms with Gasteiger partial charge in [0.2, 0.25) is 5.78 Å². The third kappa shape index (κ3) is 3.32. The van der Waals surface area contributed by atoms with Crippen LogP contribution in [-0.4, -0.2) is 27.7 Å². The lowest BCUT2D eigenvalue weighted by atomic mass is 9.98. The van der Waals surface area contributed by atoms with Crippen molar-refractivity contribution in [1.82, 2.24) is 14.8 Å². The van der Waals surface area contributed by atoms with Crippen LogP contribution in [0, 0.1) is 0 Å². The lowest BCUT2D eigenvalue weighted by Gasteiger charge is -2.19. The summed E-state index contributed by atoms with van der Waals surface area (Å²) in [6.45, 7) is 0. The van der Waals surface area contributed by atoms with Crippen molar-refractivity contribution < 1.29 is 9.53 Å². The molecule has 2 aromatic carbocycles. The molecule has 0 fully saturated rings. The Hall–Kier alpha value is -3.67. The molecule has 2 aromatic heterocycles. The number of ketones is 1. The van der Waals surface area contributed by atoms with Crippen molar-refractivity contribution in [2.75, 3.05) is 12.4 Å². The molecule has 1 N–H and O–H groups in total. The molecule has 0 spiro atoms. The fourth-order valence-electron chi connectivity index (χ4n) is 3.25. The monoisotopic (exact) mass is 372 g/mol. The number of fused-ring (bicyclic) bond motifs is 1. The molecule has 6 heteroatoms. The van der Waals surface area contributed by atoms with Gasteiger partial charge < -0.3 is 10.1 Å². The summed E-state index contributed by atoms with van der Waals surface area (Å²) in [5.74, 6) is 0.512. The van der Waals surface area contributed by atoms with Crippen molar-refractivity contribution in [3.63, 3.8) is 0 Å². The maximum Gasteiger partial charge on any atom is 0.210 e. The van der Waals surface area contributed by atoms with Crippen LogP contribution < -0.4 is 10.1 Å². The van der Waals surface area contributed by atoms with Crippen molar-refractivity contribution in [1.29, 1.82) is 0 Å². The standard InChI is InChI=1S/C22H20N4O2/c1-26-19-11-7-6-10-18(19)21(25-26)22(27)20(15-8-4-3-5-9-15)24-16-12-17(28-2)14-23-13-16/h3-14,20,24H,1-2H3. The van der Waals surface area contributed by atoms with E-state index in [1.807, 2.05) is 67.7 Å². The van der Waals surface area contributed by atoms with Crippen LogP contribution in [0.15, 0.2) is 73.1 Å². The van der Waals surface area contributed by atoms with Gasteiger partial charge in [-0.3, -0.25) is 14.5 Å². The second kappa shape index (κ2) is 7.52. The predicted molar refractivity (Wildman–Crippen MR) is 109 cm³/mol. The van der Waals surface area contributed by atoms with Crippen LogP contribution in [0.2, 0.25) is 0 Å². The van der Waals surface area contributed by atoms with E-state index in [9.17, 15) is 4.79 Å². The zero-order chi connectivity index (χ0) is 19.5. The molecule has 4 aromatic rings. The number of methoxy groups -OCH3 is 1. The Kier molecular flexibility index (Phi) is 4.76. The highest BCUT2D eigenvalue weighted by molar-refractivity contribution is 6.09. The van der Waals surface area contributed by atoms with Crippen LogP contribution in [-0.2, 0) is 7.05 Å². The lowest BCUT2D eigenvalue weighted by molar-refractivity contribution is 0.0965. The minimum Gasteiger partial charge on any atom is -0.495 e. The van der Waals surface area contributed by atoms with Gasteiger partial charge in [-0.25, -0.2) is 0 Å². The molecule has 0 aliphatic heterocycles. The number of hydrogen-bond acceptors (Lipinski definition) is 5. The smallest absolute Gasteiger partial charge is 0.210 e. The van der Waals surface area contributed by atoms with Crippen LogP contribution in [0.1, 0.15) is 22.1 Å². The Morgan fingerprint density at radius 1 is 1.07 bits per heavy atom. The number of hydrogen-bond donors (Lipinski definition) is 1. The molecule has 140 valence electrons. The summed E-state index contributed by atoms with van der Waals surface area (Å²) < 4.78 is 6.98. The van der Waals surface area contributed by atoms with Gasteiger partial charge in [0, 0.05) is 18.5 Å². The number of aryl methyl sites for hydroxylation is 1. The van der Waals surface area contributed by atoms with Gasteiger partial charge in [0.1, 0.15) is 17.5 Å². The van der Waals surface area contributed by atoms with Crippen molar-refractivity contribution >= 4 is 22.4 Å². The number of anilines is 1. The van der Waals surface area contributed by atoms with Gasteiger partial charge in [-0.05, 0) is 11.6 Å². The zero-order valence-electron chi connectivity index (χ0n) is 15.7. The second-order valence-electron chi connectivity index (χ2n) is 6.46. The average Bonchev–Trinajstić information content (AvgIpc) is 3.09. The Morgan fingerprint density at radius 3 is 2.61 bits per heavy atom. The van der Waals surface area contributed by atoms with Gasteiger partial charge in [-0.1, -0.05) is 48.5 Å².